The molecule has 1 aromatic carbocycles. The van der Waals surface area contributed by atoms with Crippen molar-refractivity contribution in [1.29, 1.82) is 0 Å². The Morgan fingerprint density at radius 3 is 2.44 bits per heavy atom. The normalized spacial score (nSPS) is 15.5. The number of carbonyl (C=O) groups is 1. The summed E-state index contributed by atoms with van der Waals surface area (Å²) in [6.45, 7) is 1.08. The zero-order valence-electron chi connectivity index (χ0n) is 8.70. The summed E-state index contributed by atoms with van der Waals surface area (Å²) in [7, 11) is -3.77. The molecule has 3 nitrogen and oxygen atoms in total. The molecule has 0 bridgehead atoms. The van der Waals surface area contributed by atoms with Crippen molar-refractivity contribution >= 4 is 27.2 Å². The summed E-state index contributed by atoms with van der Waals surface area (Å²) in [5, 5.41) is 0. The van der Waals surface area contributed by atoms with E-state index in [-0.39, 0.29) is 5.56 Å². The number of halogens is 2. The molecule has 88 valence electrons. The SMILES string of the molecule is C[C@@](Cl)(C(=O)c1cccc(F)c1)S(C)(=O)=O. The third kappa shape index (κ3) is 2.41. The Morgan fingerprint density at radius 1 is 1.44 bits per heavy atom. The molecule has 1 rings (SSSR count). The van der Waals surface area contributed by atoms with E-state index < -0.39 is 25.6 Å². The Bertz CT molecular complexity index is 523. The fraction of sp³-hybridized carbons (Fsp3) is 0.300. The lowest BCUT2D eigenvalue weighted by molar-refractivity contribution is 0.0977. The first-order valence-electron chi connectivity index (χ1n) is 4.35. The topological polar surface area (TPSA) is 51.2 Å². The van der Waals surface area contributed by atoms with E-state index in [1.165, 1.54) is 12.1 Å². The first-order chi connectivity index (χ1) is 7.16. The van der Waals surface area contributed by atoms with E-state index >= 15 is 0 Å². The highest BCUT2D eigenvalue weighted by Crippen LogP contribution is 2.26. The lowest BCUT2D eigenvalue weighted by atomic mass is 10.1. The van der Waals surface area contributed by atoms with Crippen molar-refractivity contribution < 1.29 is 17.6 Å². The standard InChI is InChI=1S/C10H10ClFO3S/c1-10(11,16(2,14)15)9(13)7-4-3-5-8(12)6-7/h3-6H,1-2H3/t10-/m0/s1. The van der Waals surface area contributed by atoms with E-state index in [0.29, 0.717) is 0 Å². The second-order valence-corrected chi connectivity index (χ2v) is 6.87. The molecule has 0 amide bonds. The molecule has 0 aromatic heterocycles. The number of alkyl halides is 1. The quantitative estimate of drug-likeness (QED) is 0.620. The van der Waals surface area contributed by atoms with Gasteiger partial charge in [0.15, 0.2) is 15.6 Å². The van der Waals surface area contributed by atoms with Crippen LogP contribution in [0.2, 0.25) is 0 Å². The number of carbonyl (C=O) groups excluding carboxylic acids is 1. The van der Waals surface area contributed by atoms with Crippen LogP contribution in [0.3, 0.4) is 0 Å². The molecule has 1 atom stereocenters. The average molecular weight is 265 g/mol. The van der Waals surface area contributed by atoms with Crippen molar-refractivity contribution in [1.82, 2.24) is 0 Å². The number of sulfone groups is 1. The van der Waals surface area contributed by atoms with E-state index in [1.807, 2.05) is 0 Å². The number of ketones is 1. The first-order valence-corrected chi connectivity index (χ1v) is 6.62. The highest BCUT2D eigenvalue weighted by molar-refractivity contribution is 7.94. The maximum absolute atomic E-state index is 12.9. The maximum Gasteiger partial charge on any atom is 0.204 e. The van der Waals surface area contributed by atoms with Crippen LogP contribution in [0, 0.1) is 5.82 Å². The number of benzene rings is 1. The van der Waals surface area contributed by atoms with Crippen LogP contribution < -0.4 is 0 Å². The second kappa shape index (κ2) is 4.14. The van der Waals surface area contributed by atoms with Gasteiger partial charge in [-0.05, 0) is 19.1 Å². The van der Waals surface area contributed by atoms with Crippen LogP contribution in [0.4, 0.5) is 4.39 Å². The van der Waals surface area contributed by atoms with Gasteiger partial charge in [0.1, 0.15) is 5.82 Å². The lowest BCUT2D eigenvalue weighted by Gasteiger charge is -2.18. The Kier molecular flexibility index (Phi) is 3.40. The minimum Gasteiger partial charge on any atom is -0.291 e. The molecule has 0 aliphatic rings. The largest absolute Gasteiger partial charge is 0.291 e. The summed E-state index contributed by atoms with van der Waals surface area (Å²) in [5.74, 6) is -1.46. The minimum atomic E-state index is -3.77. The van der Waals surface area contributed by atoms with Crippen LogP contribution in [0.15, 0.2) is 24.3 Å². The number of rotatable bonds is 3. The summed E-state index contributed by atoms with van der Waals surface area (Å²) in [5.41, 5.74) is -0.0667. The Labute approximate surface area is 98.1 Å². The van der Waals surface area contributed by atoms with Gasteiger partial charge in [-0.15, -0.1) is 0 Å². The lowest BCUT2D eigenvalue weighted by Crippen LogP contribution is -2.37. The van der Waals surface area contributed by atoms with Crippen LogP contribution in [0.1, 0.15) is 17.3 Å². The molecule has 1 aromatic rings. The summed E-state index contributed by atoms with van der Waals surface area (Å²) in [6, 6.07) is 4.74. The van der Waals surface area contributed by atoms with Gasteiger partial charge in [0.25, 0.3) is 0 Å². The monoisotopic (exact) mass is 264 g/mol. The first kappa shape index (κ1) is 13.1. The van der Waals surface area contributed by atoms with Crippen molar-refractivity contribution in [3.63, 3.8) is 0 Å². The molecule has 0 saturated carbocycles. The zero-order chi connectivity index (χ0) is 12.6. The molecule has 0 spiro atoms. The van der Waals surface area contributed by atoms with Crippen LogP contribution in [-0.2, 0) is 9.84 Å². The van der Waals surface area contributed by atoms with Gasteiger partial charge < -0.3 is 0 Å². The minimum absolute atomic E-state index is 0.0667. The van der Waals surface area contributed by atoms with Crippen molar-refractivity contribution in [2.45, 2.75) is 11.1 Å². The van der Waals surface area contributed by atoms with Gasteiger partial charge in [0.05, 0.1) is 0 Å². The Hall–Kier alpha value is -0.940. The summed E-state index contributed by atoms with van der Waals surface area (Å²) >= 11 is 5.69. The molecular formula is C10H10ClFO3S. The van der Waals surface area contributed by atoms with Gasteiger partial charge in [-0.25, -0.2) is 12.8 Å². The number of hydrogen-bond donors (Lipinski definition) is 0. The van der Waals surface area contributed by atoms with Gasteiger partial charge in [0, 0.05) is 11.8 Å². The third-order valence-electron chi connectivity index (χ3n) is 2.19. The fourth-order valence-electron chi connectivity index (χ4n) is 1.06. The van der Waals surface area contributed by atoms with Crippen molar-refractivity contribution in [2.24, 2.45) is 0 Å². The molecule has 0 radical (unpaired) electrons. The van der Waals surface area contributed by atoms with Crippen LogP contribution in [-0.4, -0.2) is 24.7 Å². The van der Waals surface area contributed by atoms with Gasteiger partial charge in [-0.2, -0.15) is 0 Å². The Morgan fingerprint density at radius 2 is 2.00 bits per heavy atom. The summed E-state index contributed by atoms with van der Waals surface area (Å²) in [6.07, 6.45) is 0.858. The van der Waals surface area contributed by atoms with Crippen molar-refractivity contribution in [3.05, 3.63) is 35.6 Å². The van der Waals surface area contributed by atoms with E-state index in [1.54, 1.807) is 0 Å². The molecule has 0 saturated heterocycles. The molecule has 0 N–H and O–H groups in total. The molecular weight excluding hydrogens is 255 g/mol. The van der Waals surface area contributed by atoms with E-state index in [4.69, 9.17) is 11.6 Å². The van der Waals surface area contributed by atoms with Gasteiger partial charge in [-0.3, -0.25) is 4.79 Å². The van der Waals surface area contributed by atoms with Crippen molar-refractivity contribution in [2.75, 3.05) is 6.26 Å². The van der Waals surface area contributed by atoms with Crippen molar-refractivity contribution in [3.8, 4) is 0 Å². The maximum atomic E-state index is 12.9. The third-order valence-corrected chi connectivity index (χ3v) is 4.78. The summed E-state index contributed by atoms with van der Waals surface area (Å²) < 4.78 is 33.4. The molecule has 0 aliphatic heterocycles. The molecule has 6 heteroatoms. The molecule has 0 unspecified atom stereocenters. The number of hydrogen-bond acceptors (Lipinski definition) is 3. The smallest absolute Gasteiger partial charge is 0.204 e. The highest BCUT2D eigenvalue weighted by Gasteiger charge is 2.41. The second-order valence-electron chi connectivity index (χ2n) is 3.53. The van der Waals surface area contributed by atoms with E-state index in [9.17, 15) is 17.6 Å². The van der Waals surface area contributed by atoms with Crippen LogP contribution in [0.25, 0.3) is 0 Å². The highest BCUT2D eigenvalue weighted by atomic mass is 35.5. The fourth-order valence-corrected chi connectivity index (χ4v) is 1.62. The number of Topliss-reactive ketones (excluding diaryl/α,β-unsaturated/α-hetero) is 1. The average Bonchev–Trinajstić information content (AvgIpc) is 2.14. The van der Waals surface area contributed by atoms with E-state index in [0.717, 1.165) is 25.3 Å². The van der Waals surface area contributed by atoms with Crippen LogP contribution in [0.5, 0.6) is 0 Å². The molecule has 16 heavy (non-hydrogen) atoms. The van der Waals surface area contributed by atoms with E-state index in [2.05, 4.69) is 0 Å². The van der Waals surface area contributed by atoms with Gasteiger partial charge >= 0.3 is 0 Å². The molecule has 0 fully saturated rings. The predicted molar refractivity (Wildman–Crippen MR) is 59.8 cm³/mol. The van der Waals surface area contributed by atoms with Gasteiger partial charge in [-0.1, -0.05) is 23.7 Å². The Balaban J connectivity index is 3.23. The predicted octanol–water partition coefficient (Wildman–Crippen LogP) is 2.01. The molecule has 0 aliphatic carbocycles. The zero-order valence-corrected chi connectivity index (χ0v) is 10.3. The van der Waals surface area contributed by atoms with Gasteiger partial charge in [0.2, 0.25) is 4.21 Å². The molecule has 0 heterocycles. The summed E-state index contributed by atoms with van der Waals surface area (Å²) in [4.78, 5) is 11.8. The van der Waals surface area contributed by atoms with Crippen LogP contribution >= 0.6 is 11.6 Å².